The van der Waals surface area contributed by atoms with Crippen LogP contribution in [0.1, 0.15) is 12.5 Å². The number of non-ortho nitro benzene ring substituents is 1. The maximum Gasteiger partial charge on any atom is 0.282 e. The molecule has 2 amide bonds. The Balaban J connectivity index is 1.83. The topological polar surface area (TPSA) is 111 Å². The van der Waals surface area contributed by atoms with Gasteiger partial charge in [-0.25, -0.2) is 4.90 Å². The summed E-state index contributed by atoms with van der Waals surface area (Å²) in [5.41, 5.74) is 1.21. The highest BCUT2D eigenvalue weighted by Gasteiger charge is 2.40. The van der Waals surface area contributed by atoms with E-state index in [1.807, 2.05) is 6.92 Å². The number of ether oxygens (including phenoxy) is 2. The fourth-order valence-corrected chi connectivity index (χ4v) is 3.63. The smallest absolute Gasteiger partial charge is 0.282 e. The van der Waals surface area contributed by atoms with Crippen LogP contribution in [-0.2, 0) is 9.59 Å². The molecule has 0 aromatic heterocycles. The van der Waals surface area contributed by atoms with Crippen LogP contribution in [0.4, 0.5) is 17.1 Å². The van der Waals surface area contributed by atoms with E-state index in [9.17, 15) is 19.7 Å². The van der Waals surface area contributed by atoms with E-state index in [0.29, 0.717) is 35.0 Å². The minimum atomic E-state index is -0.571. The van der Waals surface area contributed by atoms with Gasteiger partial charge in [-0.1, -0.05) is 18.2 Å². The second-order valence-corrected chi connectivity index (χ2v) is 7.26. The summed E-state index contributed by atoms with van der Waals surface area (Å²) in [5, 5.41) is 14.1. The maximum atomic E-state index is 13.5. The first-order valence-electron chi connectivity index (χ1n) is 10.5. The third kappa shape index (κ3) is 4.18. The SMILES string of the molecule is CCOc1ccccc1NC1=C(c2ccc([N+](=O)[O-])cc2)C(=O)N(c2cccc(OC)c2)C1=O. The average molecular weight is 459 g/mol. The minimum Gasteiger partial charge on any atom is -0.497 e. The predicted octanol–water partition coefficient (Wildman–Crippen LogP) is 4.40. The van der Waals surface area contributed by atoms with E-state index in [2.05, 4.69) is 5.32 Å². The van der Waals surface area contributed by atoms with Gasteiger partial charge < -0.3 is 14.8 Å². The molecule has 1 aliphatic rings. The van der Waals surface area contributed by atoms with Crippen molar-refractivity contribution >= 4 is 34.4 Å². The summed E-state index contributed by atoms with van der Waals surface area (Å²) >= 11 is 0. The summed E-state index contributed by atoms with van der Waals surface area (Å²) in [5.74, 6) is -0.139. The van der Waals surface area contributed by atoms with Gasteiger partial charge >= 0.3 is 0 Å². The summed E-state index contributed by atoms with van der Waals surface area (Å²) in [6.45, 7) is 2.25. The molecule has 0 saturated carbocycles. The molecule has 172 valence electrons. The lowest BCUT2D eigenvalue weighted by Crippen LogP contribution is -2.32. The number of imide groups is 1. The molecule has 1 aliphatic heterocycles. The Morgan fingerprint density at radius 1 is 0.971 bits per heavy atom. The Bertz CT molecular complexity index is 1300. The zero-order chi connectivity index (χ0) is 24.2. The molecule has 3 aromatic rings. The second-order valence-electron chi connectivity index (χ2n) is 7.26. The Morgan fingerprint density at radius 2 is 1.71 bits per heavy atom. The van der Waals surface area contributed by atoms with Gasteiger partial charge in [0, 0.05) is 18.2 Å². The van der Waals surface area contributed by atoms with Crippen LogP contribution >= 0.6 is 0 Å². The number of rotatable bonds is 8. The fraction of sp³-hybridized carbons (Fsp3) is 0.120. The van der Waals surface area contributed by atoms with Gasteiger partial charge in [0.15, 0.2) is 0 Å². The third-order valence-electron chi connectivity index (χ3n) is 5.21. The molecule has 0 atom stereocenters. The maximum absolute atomic E-state index is 13.5. The van der Waals surface area contributed by atoms with Gasteiger partial charge in [-0.15, -0.1) is 0 Å². The highest BCUT2D eigenvalue weighted by atomic mass is 16.6. The number of nitro benzene ring substituents is 1. The number of nitrogens with zero attached hydrogens (tertiary/aromatic N) is 2. The summed E-state index contributed by atoms with van der Waals surface area (Å²) in [6.07, 6.45) is 0. The van der Waals surface area contributed by atoms with Crippen LogP contribution in [0.5, 0.6) is 11.5 Å². The molecule has 9 nitrogen and oxygen atoms in total. The molecule has 0 radical (unpaired) electrons. The minimum absolute atomic E-state index is 0.0360. The highest BCUT2D eigenvalue weighted by molar-refractivity contribution is 6.46. The molecule has 9 heteroatoms. The molecule has 3 aromatic carbocycles. The molecule has 0 unspecified atom stereocenters. The van der Waals surface area contributed by atoms with E-state index in [4.69, 9.17) is 9.47 Å². The van der Waals surface area contributed by atoms with E-state index in [1.54, 1.807) is 48.5 Å². The molecule has 0 fully saturated rings. The lowest BCUT2D eigenvalue weighted by Gasteiger charge is -2.16. The summed E-state index contributed by atoms with van der Waals surface area (Å²) in [4.78, 5) is 38.7. The van der Waals surface area contributed by atoms with E-state index in [1.165, 1.54) is 31.4 Å². The van der Waals surface area contributed by atoms with Crippen molar-refractivity contribution < 1.29 is 24.0 Å². The van der Waals surface area contributed by atoms with Gasteiger partial charge in [-0.2, -0.15) is 0 Å². The van der Waals surface area contributed by atoms with Crippen LogP contribution in [0.25, 0.3) is 5.57 Å². The van der Waals surface area contributed by atoms with Crippen molar-refractivity contribution in [3.8, 4) is 11.5 Å². The van der Waals surface area contributed by atoms with Crippen molar-refractivity contribution in [2.24, 2.45) is 0 Å². The van der Waals surface area contributed by atoms with Crippen molar-refractivity contribution in [3.05, 3.63) is 94.2 Å². The number of benzene rings is 3. The van der Waals surface area contributed by atoms with Crippen LogP contribution in [0.2, 0.25) is 0 Å². The standard InChI is InChI=1S/C25H21N3O6/c1-3-34-21-10-5-4-9-20(21)26-23-22(16-11-13-17(14-12-16)28(31)32)24(29)27(25(23)30)18-7-6-8-19(15-18)33-2/h4-15,26H,3H2,1-2H3. The monoisotopic (exact) mass is 459 g/mol. The van der Waals surface area contributed by atoms with Gasteiger partial charge in [-0.3, -0.25) is 19.7 Å². The second kappa shape index (κ2) is 9.45. The number of anilines is 2. The van der Waals surface area contributed by atoms with Crippen LogP contribution in [-0.4, -0.2) is 30.5 Å². The van der Waals surface area contributed by atoms with Gasteiger partial charge in [0.1, 0.15) is 17.2 Å². The lowest BCUT2D eigenvalue weighted by molar-refractivity contribution is -0.384. The average Bonchev–Trinajstić information content (AvgIpc) is 3.09. The Kier molecular flexibility index (Phi) is 6.26. The quantitative estimate of drug-likeness (QED) is 0.302. The Morgan fingerprint density at radius 3 is 2.38 bits per heavy atom. The number of carbonyl (C=O) groups excluding carboxylic acids is 2. The molecule has 0 saturated heterocycles. The number of amides is 2. The number of hydrogen-bond acceptors (Lipinski definition) is 7. The van der Waals surface area contributed by atoms with Crippen molar-refractivity contribution in [1.29, 1.82) is 0 Å². The van der Waals surface area contributed by atoms with E-state index < -0.39 is 16.7 Å². The largest absolute Gasteiger partial charge is 0.497 e. The Hall–Kier alpha value is -4.66. The number of nitrogens with one attached hydrogen (secondary N) is 1. The molecule has 34 heavy (non-hydrogen) atoms. The summed E-state index contributed by atoms with van der Waals surface area (Å²) in [6, 6.07) is 19.1. The van der Waals surface area contributed by atoms with Gasteiger partial charge in [0.05, 0.1) is 35.6 Å². The first kappa shape index (κ1) is 22.5. The zero-order valence-electron chi connectivity index (χ0n) is 18.5. The number of methoxy groups -OCH3 is 1. The molecular weight excluding hydrogens is 438 g/mol. The summed E-state index contributed by atoms with van der Waals surface area (Å²) in [7, 11) is 1.49. The van der Waals surface area contributed by atoms with Crippen molar-refractivity contribution in [2.75, 3.05) is 23.9 Å². The van der Waals surface area contributed by atoms with Crippen LogP contribution < -0.4 is 19.7 Å². The number of nitro groups is 1. The van der Waals surface area contributed by atoms with Gasteiger partial charge in [0.25, 0.3) is 17.5 Å². The Labute approximate surface area is 195 Å². The van der Waals surface area contributed by atoms with Crippen LogP contribution in [0.3, 0.4) is 0 Å². The summed E-state index contributed by atoms with van der Waals surface area (Å²) < 4.78 is 10.9. The van der Waals surface area contributed by atoms with Crippen molar-refractivity contribution in [1.82, 2.24) is 0 Å². The van der Waals surface area contributed by atoms with Crippen molar-refractivity contribution in [2.45, 2.75) is 6.92 Å². The first-order valence-corrected chi connectivity index (χ1v) is 10.5. The molecule has 1 N–H and O–H groups in total. The molecule has 0 aliphatic carbocycles. The molecular formula is C25H21N3O6. The van der Waals surface area contributed by atoms with Crippen molar-refractivity contribution in [3.63, 3.8) is 0 Å². The van der Waals surface area contributed by atoms with Gasteiger partial charge in [0.2, 0.25) is 0 Å². The fourth-order valence-electron chi connectivity index (χ4n) is 3.63. The predicted molar refractivity (Wildman–Crippen MR) is 127 cm³/mol. The number of hydrogen-bond donors (Lipinski definition) is 1. The zero-order valence-corrected chi connectivity index (χ0v) is 18.5. The van der Waals surface area contributed by atoms with E-state index in [-0.39, 0.29) is 17.0 Å². The molecule has 0 bridgehead atoms. The van der Waals surface area contributed by atoms with E-state index in [0.717, 1.165) is 4.90 Å². The lowest BCUT2D eigenvalue weighted by atomic mass is 10.0. The first-order chi connectivity index (χ1) is 16.4. The normalized spacial score (nSPS) is 13.3. The molecule has 4 rings (SSSR count). The third-order valence-corrected chi connectivity index (χ3v) is 5.21. The molecule has 1 heterocycles. The van der Waals surface area contributed by atoms with Crippen LogP contribution in [0.15, 0.2) is 78.5 Å². The highest BCUT2D eigenvalue weighted by Crippen LogP contribution is 2.36. The van der Waals surface area contributed by atoms with Crippen LogP contribution in [0, 0.1) is 10.1 Å². The number of carbonyl (C=O) groups is 2. The molecule has 0 spiro atoms. The van der Waals surface area contributed by atoms with Gasteiger partial charge in [-0.05, 0) is 48.9 Å². The number of para-hydroxylation sites is 2. The van der Waals surface area contributed by atoms with E-state index >= 15 is 0 Å².